The first-order chi connectivity index (χ1) is 8.83. The fourth-order valence-corrected chi connectivity index (χ4v) is 3.20. The summed E-state index contributed by atoms with van der Waals surface area (Å²) in [6.07, 6.45) is 3.10. The van der Waals surface area contributed by atoms with Gasteiger partial charge in [-0.05, 0) is 31.0 Å². The van der Waals surface area contributed by atoms with Gasteiger partial charge in [-0.1, -0.05) is 0 Å². The number of benzene rings is 1. The van der Waals surface area contributed by atoms with Gasteiger partial charge in [0.25, 0.3) is 0 Å². The molecule has 0 amide bonds. The Kier molecular flexibility index (Phi) is 5.08. The van der Waals surface area contributed by atoms with Crippen molar-refractivity contribution < 1.29 is 14.3 Å². The lowest BCUT2D eigenvalue weighted by Crippen LogP contribution is -2.17. The van der Waals surface area contributed by atoms with Gasteiger partial charge in [0.15, 0.2) is 0 Å². The van der Waals surface area contributed by atoms with Crippen molar-refractivity contribution in [2.45, 2.75) is 23.8 Å². The van der Waals surface area contributed by atoms with E-state index in [-0.39, 0.29) is 0 Å². The second kappa shape index (κ2) is 6.81. The van der Waals surface area contributed by atoms with E-state index in [0.717, 1.165) is 49.4 Å². The van der Waals surface area contributed by atoms with Crippen molar-refractivity contribution in [1.29, 1.82) is 0 Å². The topological polar surface area (TPSA) is 35.5 Å². The molecular weight excluding hydrogens is 248 g/mol. The highest BCUT2D eigenvalue weighted by Crippen LogP contribution is 2.29. The maximum Gasteiger partial charge on any atom is 0.150 e. The molecule has 1 aliphatic heterocycles. The van der Waals surface area contributed by atoms with E-state index in [2.05, 4.69) is 0 Å². The predicted molar refractivity (Wildman–Crippen MR) is 73.5 cm³/mol. The average Bonchev–Trinajstić information content (AvgIpc) is 2.45. The zero-order valence-corrected chi connectivity index (χ0v) is 11.4. The molecular formula is C14H18O3S. The van der Waals surface area contributed by atoms with Gasteiger partial charge in [-0.2, -0.15) is 11.8 Å². The van der Waals surface area contributed by atoms with Crippen LogP contribution >= 0.6 is 11.8 Å². The summed E-state index contributed by atoms with van der Waals surface area (Å²) in [5.41, 5.74) is 1.80. The Morgan fingerprint density at radius 3 is 2.89 bits per heavy atom. The highest BCUT2D eigenvalue weighted by atomic mass is 32.2. The Bertz CT molecular complexity index is 400. The number of thioether (sulfide) groups is 1. The van der Waals surface area contributed by atoms with Crippen LogP contribution in [-0.4, -0.2) is 31.9 Å². The predicted octanol–water partition coefficient (Wildman–Crippen LogP) is 2.92. The number of ether oxygens (including phenoxy) is 2. The number of aldehydes is 1. The Morgan fingerprint density at radius 2 is 2.22 bits per heavy atom. The van der Waals surface area contributed by atoms with Gasteiger partial charge in [-0.3, -0.25) is 4.79 Å². The van der Waals surface area contributed by atoms with E-state index in [1.54, 1.807) is 13.2 Å². The number of rotatable bonds is 5. The minimum atomic E-state index is 0.656. The van der Waals surface area contributed by atoms with Crippen LogP contribution in [0.2, 0.25) is 0 Å². The quantitative estimate of drug-likeness (QED) is 0.768. The standard InChI is InChI=1S/C14H18O3S/c1-16-14-3-2-11(9-15)8-12(14)10-18-13-4-6-17-7-5-13/h2-3,8-9,13H,4-7,10H2,1H3. The molecule has 1 fully saturated rings. The molecule has 4 heteroatoms. The maximum atomic E-state index is 10.8. The first-order valence-corrected chi connectivity index (χ1v) is 7.20. The molecule has 0 aromatic heterocycles. The van der Waals surface area contributed by atoms with E-state index < -0.39 is 0 Å². The van der Waals surface area contributed by atoms with E-state index in [1.807, 2.05) is 23.9 Å². The van der Waals surface area contributed by atoms with Crippen LogP contribution in [0.25, 0.3) is 0 Å². The third-order valence-electron chi connectivity index (χ3n) is 3.08. The summed E-state index contributed by atoms with van der Waals surface area (Å²) < 4.78 is 10.7. The van der Waals surface area contributed by atoms with Crippen molar-refractivity contribution in [3.05, 3.63) is 29.3 Å². The normalized spacial score (nSPS) is 16.5. The van der Waals surface area contributed by atoms with Gasteiger partial charge in [-0.15, -0.1) is 0 Å². The molecule has 18 heavy (non-hydrogen) atoms. The zero-order chi connectivity index (χ0) is 12.8. The summed E-state index contributed by atoms with van der Waals surface area (Å²) in [6.45, 7) is 1.73. The molecule has 0 N–H and O–H groups in total. The van der Waals surface area contributed by atoms with Crippen molar-refractivity contribution in [2.75, 3.05) is 20.3 Å². The molecule has 0 unspecified atom stereocenters. The van der Waals surface area contributed by atoms with E-state index in [1.165, 1.54) is 0 Å². The molecule has 1 aromatic rings. The Hall–Kier alpha value is -1.00. The average molecular weight is 266 g/mol. The van der Waals surface area contributed by atoms with Crippen LogP contribution in [0.1, 0.15) is 28.8 Å². The Balaban J connectivity index is 1.99. The summed E-state index contributed by atoms with van der Waals surface area (Å²) >= 11 is 1.92. The van der Waals surface area contributed by atoms with Gasteiger partial charge >= 0.3 is 0 Å². The third kappa shape index (κ3) is 3.50. The van der Waals surface area contributed by atoms with Gasteiger partial charge in [0.05, 0.1) is 7.11 Å². The maximum absolute atomic E-state index is 10.8. The van der Waals surface area contributed by atoms with Crippen LogP contribution in [-0.2, 0) is 10.5 Å². The van der Waals surface area contributed by atoms with Crippen LogP contribution in [0.3, 0.4) is 0 Å². The Morgan fingerprint density at radius 1 is 1.44 bits per heavy atom. The van der Waals surface area contributed by atoms with Gasteiger partial charge in [0.1, 0.15) is 12.0 Å². The smallest absolute Gasteiger partial charge is 0.150 e. The molecule has 98 valence electrons. The first-order valence-electron chi connectivity index (χ1n) is 6.15. The lowest BCUT2D eigenvalue weighted by molar-refractivity contribution is 0.1000. The minimum absolute atomic E-state index is 0.656. The molecule has 3 nitrogen and oxygen atoms in total. The summed E-state index contributed by atoms with van der Waals surface area (Å²) in [4.78, 5) is 10.8. The number of hydrogen-bond acceptors (Lipinski definition) is 4. The van der Waals surface area contributed by atoms with Gasteiger partial charge in [-0.25, -0.2) is 0 Å². The van der Waals surface area contributed by atoms with Crippen molar-refractivity contribution in [1.82, 2.24) is 0 Å². The van der Waals surface area contributed by atoms with Crippen LogP contribution in [0.5, 0.6) is 5.75 Å². The number of carbonyl (C=O) groups is 1. The van der Waals surface area contributed by atoms with Crippen molar-refractivity contribution in [3.63, 3.8) is 0 Å². The largest absolute Gasteiger partial charge is 0.496 e. The summed E-state index contributed by atoms with van der Waals surface area (Å²) in [5, 5.41) is 0.656. The lowest BCUT2D eigenvalue weighted by Gasteiger charge is -2.21. The Labute approximate surface area is 112 Å². The second-order valence-electron chi connectivity index (χ2n) is 4.31. The molecule has 2 rings (SSSR count). The van der Waals surface area contributed by atoms with E-state index in [4.69, 9.17) is 9.47 Å². The minimum Gasteiger partial charge on any atom is -0.496 e. The van der Waals surface area contributed by atoms with Gasteiger partial charge < -0.3 is 9.47 Å². The molecule has 0 bridgehead atoms. The molecule has 0 aliphatic carbocycles. The second-order valence-corrected chi connectivity index (χ2v) is 5.60. The van der Waals surface area contributed by atoms with Crippen molar-refractivity contribution in [3.8, 4) is 5.75 Å². The van der Waals surface area contributed by atoms with Crippen LogP contribution in [0.4, 0.5) is 0 Å². The lowest BCUT2D eigenvalue weighted by atomic mass is 10.1. The molecule has 1 aliphatic rings. The van der Waals surface area contributed by atoms with Gasteiger partial charge in [0, 0.05) is 35.3 Å². The van der Waals surface area contributed by atoms with E-state index in [9.17, 15) is 4.79 Å². The number of carbonyl (C=O) groups excluding carboxylic acids is 1. The molecule has 1 aromatic carbocycles. The summed E-state index contributed by atoms with van der Waals surface area (Å²) in [7, 11) is 1.67. The molecule has 0 radical (unpaired) electrons. The molecule has 0 spiro atoms. The van der Waals surface area contributed by atoms with Crippen molar-refractivity contribution >= 4 is 18.0 Å². The van der Waals surface area contributed by atoms with Crippen molar-refractivity contribution in [2.24, 2.45) is 0 Å². The summed E-state index contributed by atoms with van der Waals surface area (Å²) in [6, 6.07) is 5.57. The highest BCUT2D eigenvalue weighted by Gasteiger charge is 2.15. The van der Waals surface area contributed by atoms with Crippen LogP contribution in [0.15, 0.2) is 18.2 Å². The molecule has 1 heterocycles. The molecule has 1 saturated heterocycles. The summed E-state index contributed by atoms with van der Waals surface area (Å²) in [5.74, 6) is 1.75. The molecule has 0 atom stereocenters. The third-order valence-corrected chi connectivity index (χ3v) is 4.50. The monoisotopic (exact) mass is 266 g/mol. The van der Waals surface area contributed by atoms with Gasteiger partial charge in [0.2, 0.25) is 0 Å². The highest BCUT2D eigenvalue weighted by molar-refractivity contribution is 7.99. The van der Waals surface area contributed by atoms with E-state index in [0.29, 0.717) is 10.8 Å². The molecule has 0 saturated carbocycles. The van der Waals surface area contributed by atoms with Crippen LogP contribution < -0.4 is 4.74 Å². The zero-order valence-electron chi connectivity index (χ0n) is 10.6. The van der Waals surface area contributed by atoms with E-state index >= 15 is 0 Å². The first kappa shape index (κ1) is 13.4. The van der Waals surface area contributed by atoms with Crippen LogP contribution in [0, 0.1) is 0 Å². The fraction of sp³-hybridized carbons (Fsp3) is 0.500. The number of hydrogen-bond donors (Lipinski definition) is 0. The fourth-order valence-electron chi connectivity index (χ4n) is 2.03. The number of methoxy groups -OCH3 is 1. The SMILES string of the molecule is COc1ccc(C=O)cc1CSC1CCOCC1.